The Balaban J connectivity index is 2.22. The third-order valence-electron chi connectivity index (χ3n) is 3.25. The van der Waals surface area contributed by atoms with Crippen molar-refractivity contribution in [2.45, 2.75) is 25.6 Å². The number of benzene rings is 1. The van der Waals surface area contributed by atoms with Crippen LogP contribution in [0.25, 0.3) is 11.3 Å². The molecule has 0 saturated heterocycles. The molecule has 0 radical (unpaired) electrons. The Morgan fingerprint density at radius 3 is 2.65 bits per heavy atom. The van der Waals surface area contributed by atoms with E-state index in [0.29, 0.717) is 17.0 Å². The van der Waals surface area contributed by atoms with Crippen LogP contribution >= 0.6 is 0 Å². The number of hydrogen-bond donors (Lipinski definition) is 2. The van der Waals surface area contributed by atoms with Gasteiger partial charge in [-0.1, -0.05) is 0 Å². The van der Waals surface area contributed by atoms with Gasteiger partial charge in [-0.15, -0.1) is 0 Å². The van der Waals surface area contributed by atoms with Crippen molar-refractivity contribution >= 4 is 5.95 Å². The first kappa shape index (κ1) is 12.8. The summed E-state index contributed by atoms with van der Waals surface area (Å²) in [4.78, 5) is 7.03. The summed E-state index contributed by atoms with van der Waals surface area (Å²) < 4.78 is 43.9. The van der Waals surface area contributed by atoms with Gasteiger partial charge in [0.05, 0.1) is 11.3 Å². The zero-order chi connectivity index (χ0) is 14.7. The van der Waals surface area contributed by atoms with Gasteiger partial charge in [-0.2, -0.15) is 13.2 Å². The molecule has 1 aromatic carbocycles. The Bertz CT molecular complexity index is 689. The van der Waals surface area contributed by atoms with Gasteiger partial charge in [-0.3, -0.25) is 0 Å². The Labute approximate surface area is 112 Å². The summed E-state index contributed by atoms with van der Waals surface area (Å²) >= 11 is 0. The van der Waals surface area contributed by atoms with Gasteiger partial charge in [-0.05, 0) is 32.0 Å². The molecule has 0 saturated carbocycles. The van der Waals surface area contributed by atoms with E-state index in [2.05, 4.69) is 9.97 Å². The number of anilines is 1. The number of hydrogen-bond acceptors (Lipinski definition) is 3. The van der Waals surface area contributed by atoms with Crippen LogP contribution in [0.1, 0.15) is 25.1 Å². The van der Waals surface area contributed by atoms with E-state index >= 15 is 0 Å². The minimum absolute atomic E-state index is 0.156. The number of H-pyrrole nitrogens is 1. The van der Waals surface area contributed by atoms with Crippen molar-refractivity contribution in [3.05, 3.63) is 29.5 Å². The minimum Gasteiger partial charge on any atom is -0.481 e. The van der Waals surface area contributed by atoms with Gasteiger partial charge in [-0.25, -0.2) is 4.98 Å². The quantitative estimate of drug-likeness (QED) is 0.779. The molecule has 3 N–H and O–H groups in total. The Morgan fingerprint density at radius 2 is 2.00 bits per heavy atom. The normalized spacial score (nSPS) is 16.2. The van der Waals surface area contributed by atoms with Gasteiger partial charge in [0.2, 0.25) is 0 Å². The molecular formula is C13H12F3N3O. The predicted molar refractivity (Wildman–Crippen MR) is 67.1 cm³/mol. The number of aromatic nitrogens is 2. The van der Waals surface area contributed by atoms with E-state index < -0.39 is 17.3 Å². The van der Waals surface area contributed by atoms with Crippen LogP contribution in [0.5, 0.6) is 5.75 Å². The average Bonchev–Trinajstić information content (AvgIpc) is 2.70. The van der Waals surface area contributed by atoms with Crippen LogP contribution in [-0.4, -0.2) is 9.97 Å². The van der Waals surface area contributed by atoms with Crippen LogP contribution in [0.3, 0.4) is 0 Å². The standard InChI is InChI=1S/C13H12F3N3O/c1-12(2)10-9(18-11(17)19-10)7-4-3-6(13(14,15)16)5-8(7)20-12/h3-5H,1-2H3,(H3,17,18,19). The van der Waals surface area contributed by atoms with E-state index in [9.17, 15) is 13.2 Å². The highest BCUT2D eigenvalue weighted by molar-refractivity contribution is 5.74. The summed E-state index contributed by atoms with van der Waals surface area (Å²) in [5.74, 6) is 0.364. The maximum absolute atomic E-state index is 12.8. The number of aromatic amines is 1. The number of ether oxygens (including phenoxy) is 1. The summed E-state index contributed by atoms with van der Waals surface area (Å²) in [5.41, 5.74) is 5.75. The molecule has 1 aliphatic rings. The Morgan fingerprint density at radius 1 is 1.30 bits per heavy atom. The number of rotatable bonds is 0. The third-order valence-corrected chi connectivity index (χ3v) is 3.25. The molecule has 0 atom stereocenters. The fraction of sp³-hybridized carbons (Fsp3) is 0.308. The maximum Gasteiger partial charge on any atom is 0.416 e. The fourth-order valence-corrected chi connectivity index (χ4v) is 2.33. The molecule has 7 heteroatoms. The Kier molecular flexibility index (Phi) is 2.36. The highest BCUT2D eigenvalue weighted by Crippen LogP contribution is 2.46. The van der Waals surface area contributed by atoms with Crippen LogP contribution in [0, 0.1) is 0 Å². The minimum atomic E-state index is -4.41. The fourth-order valence-electron chi connectivity index (χ4n) is 2.33. The second kappa shape index (κ2) is 3.68. The van der Waals surface area contributed by atoms with Crippen LogP contribution in [-0.2, 0) is 11.8 Å². The molecule has 0 spiro atoms. The number of alkyl halides is 3. The van der Waals surface area contributed by atoms with Crippen LogP contribution in [0.4, 0.5) is 19.1 Å². The lowest BCUT2D eigenvalue weighted by Crippen LogP contribution is -2.29. The molecule has 2 heterocycles. The zero-order valence-electron chi connectivity index (χ0n) is 10.8. The number of nitrogens with one attached hydrogen (secondary N) is 1. The van der Waals surface area contributed by atoms with Crippen molar-refractivity contribution in [2.75, 3.05) is 5.73 Å². The van der Waals surface area contributed by atoms with Gasteiger partial charge in [0.25, 0.3) is 0 Å². The molecule has 0 bridgehead atoms. The smallest absolute Gasteiger partial charge is 0.416 e. The molecule has 3 rings (SSSR count). The summed E-state index contributed by atoms with van der Waals surface area (Å²) in [7, 11) is 0. The molecule has 0 amide bonds. The van der Waals surface area contributed by atoms with Crippen molar-refractivity contribution in [3.8, 4) is 17.0 Å². The average molecular weight is 283 g/mol. The molecule has 4 nitrogen and oxygen atoms in total. The number of nitrogens with zero attached hydrogens (tertiary/aromatic N) is 1. The lowest BCUT2D eigenvalue weighted by atomic mass is 9.94. The van der Waals surface area contributed by atoms with Crippen molar-refractivity contribution in [2.24, 2.45) is 0 Å². The summed E-state index contributed by atoms with van der Waals surface area (Å²) in [5, 5.41) is 0. The number of imidazole rings is 1. The van der Waals surface area contributed by atoms with Crippen LogP contribution in [0.2, 0.25) is 0 Å². The first-order valence-electron chi connectivity index (χ1n) is 5.95. The number of fused-ring (bicyclic) bond motifs is 3. The third kappa shape index (κ3) is 1.81. The molecule has 1 aliphatic heterocycles. The van der Waals surface area contributed by atoms with E-state index in [-0.39, 0.29) is 11.7 Å². The highest BCUT2D eigenvalue weighted by Gasteiger charge is 2.38. The monoisotopic (exact) mass is 283 g/mol. The summed E-state index contributed by atoms with van der Waals surface area (Å²) in [6.45, 7) is 3.49. The predicted octanol–water partition coefficient (Wildman–Crippen LogP) is 3.31. The SMILES string of the molecule is CC1(C)Oc2cc(C(F)(F)F)ccc2-c2nc(N)[nH]c21. The van der Waals surface area contributed by atoms with Gasteiger partial charge < -0.3 is 15.5 Å². The van der Waals surface area contributed by atoms with E-state index in [4.69, 9.17) is 10.5 Å². The van der Waals surface area contributed by atoms with Gasteiger partial charge in [0.1, 0.15) is 17.0 Å². The topological polar surface area (TPSA) is 63.9 Å². The molecule has 0 unspecified atom stereocenters. The van der Waals surface area contributed by atoms with E-state index in [1.165, 1.54) is 6.07 Å². The molecular weight excluding hydrogens is 271 g/mol. The first-order chi connectivity index (χ1) is 9.18. The molecule has 106 valence electrons. The molecule has 2 aromatic rings. The van der Waals surface area contributed by atoms with Gasteiger partial charge >= 0.3 is 6.18 Å². The summed E-state index contributed by atoms with van der Waals surface area (Å²) in [6.07, 6.45) is -4.41. The second-order valence-corrected chi connectivity index (χ2v) is 5.17. The van der Waals surface area contributed by atoms with Crippen molar-refractivity contribution in [1.29, 1.82) is 0 Å². The number of nitrogens with two attached hydrogens (primary N) is 1. The van der Waals surface area contributed by atoms with Crippen molar-refractivity contribution in [3.63, 3.8) is 0 Å². The lowest BCUT2D eigenvalue weighted by Gasteiger charge is -2.32. The first-order valence-corrected chi connectivity index (χ1v) is 5.95. The van der Waals surface area contributed by atoms with E-state index in [0.717, 1.165) is 12.1 Å². The number of nitrogen functional groups attached to an aromatic ring is 1. The van der Waals surface area contributed by atoms with Crippen molar-refractivity contribution in [1.82, 2.24) is 9.97 Å². The Hall–Kier alpha value is -2.18. The molecule has 0 aliphatic carbocycles. The molecule has 1 aromatic heterocycles. The molecule has 20 heavy (non-hydrogen) atoms. The van der Waals surface area contributed by atoms with E-state index in [1.807, 2.05) is 0 Å². The van der Waals surface area contributed by atoms with E-state index in [1.54, 1.807) is 13.8 Å². The highest BCUT2D eigenvalue weighted by atomic mass is 19.4. The zero-order valence-corrected chi connectivity index (χ0v) is 10.8. The van der Waals surface area contributed by atoms with Gasteiger partial charge in [0, 0.05) is 5.56 Å². The summed E-state index contributed by atoms with van der Waals surface area (Å²) in [6, 6.07) is 3.35. The number of halogens is 3. The van der Waals surface area contributed by atoms with Crippen molar-refractivity contribution < 1.29 is 17.9 Å². The second-order valence-electron chi connectivity index (χ2n) is 5.17. The maximum atomic E-state index is 12.8. The lowest BCUT2D eigenvalue weighted by molar-refractivity contribution is -0.137. The van der Waals surface area contributed by atoms with Crippen LogP contribution < -0.4 is 10.5 Å². The van der Waals surface area contributed by atoms with Gasteiger partial charge in [0.15, 0.2) is 5.95 Å². The molecule has 0 fully saturated rings. The largest absolute Gasteiger partial charge is 0.481 e. The van der Waals surface area contributed by atoms with Crippen LogP contribution in [0.15, 0.2) is 18.2 Å².